The molecule has 39 heavy (non-hydrogen) atoms. The second kappa shape index (κ2) is 12.1. The molecule has 5 rings (SSSR count). The number of fused-ring (bicyclic) bond motifs is 1. The molecule has 11 nitrogen and oxygen atoms in total. The first-order valence-corrected chi connectivity index (χ1v) is 12.1. The first kappa shape index (κ1) is 27.8. The molecular weight excluding hydrogens is 521 g/mol. The topological polar surface area (TPSA) is 137 Å². The van der Waals surface area contributed by atoms with Gasteiger partial charge in [0, 0.05) is 32.0 Å². The lowest BCUT2D eigenvalue weighted by molar-refractivity contribution is -0.192. The number of aryl methyl sites for hydroxylation is 1. The van der Waals surface area contributed by atoms with Crippen molar-refractivity contribution in [1.82, 2.24) is 25.0 Å². The molecule has 1 fully saturated rings. The number of nitrogens with one attached hydrogen (secondary N) is 1. The molecule has 0 unspecified atom stereocenters. The van der Waals surface area contributed by atoms with E-state index in [9.17, 15) is 13.2 Å². The highest BCUT2D eigenvalue weighted by Gasteiger charge is 2.38. The Morgan fingerprint density at radius 2 is 1.87 bits per heavy atom. The maximum Gasteiger partial charge on any atom is 0.490 e. The Hall–Kier alpha value is -4.20. The van der Waals surface area contributed by atoms with E-state index in [-0.39, 0.29) is 0 Å². The number of hydrogen-bond donors (Lipinski definition) is 2. The minimum atomic E-state index is -5.08. The van der Waals surface area contributed by atoms with E-state index >= 15 is 0 Å². The summed E-state index contributed by atoms with van der Waals surface area (Å²) in [5, 5.41) is 24.9. The average Bonchev–Trinajstić information content (AvgIpc) is 3.57. The maximum atomic E-state index is 10.6. The van der Waals surface area contributed by atoms with Crippen molar-refractivity contribution in [3.05, 3.63) is 48.1 Å². The number of carboxylic acids is 1. The van der Waals surface area contributed by atoms with Gasteiger partial charge in [0.1, 0.15) is 5.75 Å². The number of carboxylic acid groups (broad SMARTS) is 1. The van der Waals surface area contributed by atoms with Crippen molar-refractivity contribution in [2.45, 2.75) is 44.9 Å². The summed E-state index contributed by atoms with van der Waals surface area (Å²) in [6.45, 7) is 4.31. The van der Waals surface area contributed by atoms with E-state index in [0.29, 0.717) is 24.2 Å². The number of hydrogen-bond acceptors (Lipinski definition) is 9. The summed E-state index contributed by atoms with van der Waals surface area (Å²) >= 11 is 0. The Morgan fingerprint density at radius 3 is 2.49 bits per heavy atom. The van der Waals surface area contributed by atoms with Crippen LogP contribution in [0.15, 0.2) is 41.1 Å². The molecule has 2 N–H and O–H groups in total. The van der Waals surface area contributed by atoms with Gasteiger partial charge in [0.05, 0.1) is 36.4 Å². The Morgan fingerprint density at radius 1 is 1.18 bits per heavy atom. The number of ether oxygens (including phenoxy) is 2. The number of aliphatic carboxylic acids is 1. The van der Waals surface area contributed by atoms with Crippen LogP contribution in [0.4, 0.5) is 18.9 Å². The molecule has 1 aromatic carbocycles. The van der Waals surface area contributed by atoms with Crippen molar-refractivity contribution >= 4 is 22.7 Å². The van der Waals surface area contributed by atoms with Gasteiger partial charge in [-0.3, -0.25) is 0 Å². The fourth-order valence-electron chi connectivity index (χ4n) is 3.97. The predicted octanol–water partition coefficient (Wildman–Crippen LogP) is 4.32. The minimum Gasteiger partial charge on any atom is -0.497 e. The van der Waals surface area contributed by atoms with Gasteiger partial charge in [0.25, 0.3) is 5.89 Å². The predicted molar refractivity (Wildman–Crippen MR) is 133 cm³/mol. The fraction of sp³-hybridized carbons (Fsp3) is 0.400. The number of halogens is 3. The quantitative estimate of drug-likeness (QED) is 0.343. The smallest absolute Gasteiger partial charge is 0.490 e. The molecule has 0 bridgehead atoms. The van der Waals surface area contributed by atoms with Crippen molar-refractivity contribution in [2.24, 2.45) is 0 Å². The second-order valence-electron chi connectivity index (χ2n) is 8.60. The van der Waals surface area contributed by atoms with Crippen LogP contribution in [0.2, 0.25) is 0 Å². The molecule has 0 aliphatic carbocycles. The van der Waals surface area contributed by atoms with Gasteiger partial charge >= 0.3 is 12.1 Å². The fourth-order valence-corrected chi connectivity index (χ4v) is 3.97. The van der Waals surface area contributed by atoms with Gasteiger partial charge in [-0.05, 0) is 37.5 Å². The highest BCUT2D eigenvalue weighted by atomic mass is 19.4. The molecule has 1 saturated heterocycles. The first-order valence-electron chi connectivity index (χ1n) is 12.1. The summed E-state index contributed by atoms with van der Waals surface area (Å²) in [7, 11) is 1.65. The van der Waals surface area contributed by atoms with Crippen LogP contribution in [0, 0.1) is 0 Å². The monoisotopic (exact) mass is 548 g/mol. The van der Waals surface area contributed by atoms with E-state index in [1.165, 1.54) is 0 Å². The number of rotatable bonds is 7. The van der Waals surface area contributed by atoms with Gasteiger partial charge in [-0.15, -0.1) is 10.2 Å². The highest BCUT2D eigenvalue weighted by Crippen LogP contribution is 2.34. The van der Waals surface area contributed by atoms with Gasteiger partial charge in [0.2, 0.25) is 5.89 Å². The van der Waals surface area contributed by atoms with Crippen LogP contribution in [-0.4, -0.2) is 68.6 Å². The molecule has 1 aliphatic rings. The lowest BCUT2D eigenvalue weighted by atomic mass is 10.1. The number of methoxy groups -OCH3 is 1. The standard InChI is InChI=1S/C23H26N6O3.C2HF3O2/c1-3-29-22-18(14-25-29)21(26-16-8-10-31-11-9-16)19(13-24-22)23-28-27-20(32-23)12-15-4-6-17(30-2)7-5-15;3-2(4,5)1(6)7/h4-7,13-14,16H,3,8-12H2,1-2H3,(H,24,26);(H,6,7). The lowest BCUT2D eigenvalue weighted by Gasteiger charge is -2.25. The van der Waals surface area contributed by atoms with Crippen LogP contribution in [0.3, 0.4) is 0 Å². The molecule has 14 heteroatoms. The summed E-state index contributed by atoms with van der Waals surface area (Å²) in [6.07, 6.45) is 0.993. The summed E-state index contributed by atoms with van der Waals surface area (Å²) < 4.78 is 50.4. The summed E-state index contributed by atoms with van der Waals surface area (Å²) in [4.78, 5) is 13.5. The van der Waals surface area contributed by atoms with E-state index in [0.717, 1.165) is 66.2 Å². The van der Waals surface area contributed by atoms with Crippen molar-refractivity contribution in [2.75, 3.05) is 25.6 Å². The minimum absolute atomic E-state index is 0.305. The number of nitrogens with zero attached hydrogens (tertiary/aromatic N) is 5. The zero-order chi connectivity index (χ0) is 28.0. The summed E-state index contributed by atoms with van der Waals surface area (Å²) in [6, 6.07) is 8.14. The van der Waals surface area contributed by atoms with E-state index in [1.807, 2.05) is 35.1 Å². The number of aromatic nitrogens is 5. The van der Waals surface area contributed by atoms with Crippen molar-refractivity contribution in [3.63, 3.8) is 0 Å². The normalized spacial score (nSPS) is 14.1. The Labute approximate surface area is 220 Å². The van der Waals surface area contributed by atoms with Crippen LogP contribution in [0.5, 0.6) is 5.75 Å². The van der Waals surface area contributed by atoms with Crippen LogP contribution < -0.4 is 10.1 Å². The molecule has 4 heterocycles. The van der Waals surface area contributed by atoms with E-state index < -0.39 is 12.1 Å². The van der Waals surface area contributed by atoms with Crippen molar-refractivity contribution in [1.29, 1.82) is 0 Å². The third-order valence-electron chi connectivity index (χ3n) is 5.99. The summed E-state index contributed by atoms with van der Waals surface area (Å²) in [5.41, 5.74) is 3.62. The average molecular weight is 549 g/mol. The number of pyridine rings is 1. The summed E-state index contributed by atoms with van der Waals surface area (Å²) in [5.74, 6) is -0.948. The maximum absolute atomic E-state index is 10.6. The molecule has 0 spiro atoms. The van der Waals surface area contributed by atoms with Crippen LogP contribution in [0.25, 0.3) is 22.5 Å². The van der Waals surface area contributed by atoms with E-state index in [2.05, 4.69) is 32.5 Å². The van der Waals surface area contributed by atoms with E-state index in [1.54, 1.807) is 13.3 Å². The Bertz CT molecular complexity index is 1400. The van der Waals surface area contributed by atoms with Gasteiger partial charge in [-0.2, -0.15) is 18.3 Å². The molecule has 3 aromatic heterocycles. The lowest BCUT2D eigenvalue weighted by Crippen LogP contribution is -2.28. The molecule has 0 radical (unpaired) electrons. The van der Waals surface area contributed by atoms with Crippen LogP contribution >= 0.6 is 0 Å². The molecule has 4 aromatic rings. The van der Waals surface area contributed by atoms with Crippen LogP contribution in [-0.2, 0) is 22.5 Å². The van der Waals surface area contributed by atoms with Crippen molar-refractivity contribution < 1.29 is 37.0 Å². The zero-order valence-corrected chi connectivity index (χ0v) is 21.2. The largest absolute Gasteiger partial charge is 0.497 e. The molecule has 0 saturated carbocycles. The SMILES string of the molecule is CCn1ncc2c(NC3CCOCC3)c(-c3nnc(Cc4ccc(OC)cc4)o3)cnc21.O=C(O)C(F)(F)F. The van der Waals surface area contributed by atoms with Crippen LogP contribution in [0.1, 0.15) is 31.2 Å². The number of alkyl halides is 3. The molecule has 208 valence electrons. The molecular formula is C25H27F3N6O5. The van der Waals surface area contributed by atoms with Gasteiger partial charge in [-0.25, -0.2) is 14.5 Å². The Balaban J connectivity index is 0.000000448. The third kappa shape index (κ3) is 6.82. The molecule has 0 amide bonds. The van der Waals surface area contributed by atoms with Gasteiger partial charge in [-0.1, -0.05) is 12.1 Å². The third-order valence-corrected chi connectivity index (χ3v) is 5.99. The number of benzene rings is 1. The van der Waals surface area contributed by atoms with E-state index in [4.69, 9.17) is 23.8 Å². The van der Waals surface area contributed by atoms with Gasteiger partial charge < -0.3 is 24.3 Å². The number of carbonyl (C=O) groups is 1. The molecule has 0 atom stereocenters. The highest BCUT2D eigenvalue weighted by molar-refractivity contribution is 5.96. The molecule has 1 aliphatic heterocycles. The number of anilines is 1. The second-order valence-corrected chi connectivity index (χ2v) is 8.60. The van der Waals surface area contributed by atoms with Gasteiger partial charge in [0.15, 0.2) is 5.65 Å². The Kier molecular flexibility index (Phi) is 8.64. The first-order chi connectivity index (χ1) is 18.7. The zero-order valence-electron chi connectivity index (χ0n) is 21.2. The van der Waals surface area contributed by atoms with Crippen molar-refractivity contribution in [3.8, 4) is 17.2 Å².